The van der Waals surface area contributed by atoms with Crippen LogP contribution in [-0.4, -0.2) is 36.5 Å². The molecular weight excluding hydrogens is 323 g/mol. The molecule has 0 fully saturated rings. The summed E-state index contributed by atoms with van der Waals surface area (Å²) in [6.07, 6.45) is -13.6. The van der Waals surface area contributed by atoms with Crippen molar-refractivity contribution in [3.8, 4) is 0 Å². The van der Waals surface area contributed by atoms with Crippen molar-refractivity contribution < 1.29 is 49.0 Å². The lowest BCUT2D eigenvalue weighted by atomic mass is 9.88. The van der Waals surface area contributed by atoms with Crippen LogP contribution in [0.4, 0.5) is 39.5 Å². The van der Waals surface area contributed by atoms with Gasteiger partial charge < -0.3 is 4.74 Å². The molecule has 1 atom stereocenters. The summed E-state index contributed by atoms with van der Waals surface area (Å²) in [5, 5.41) is 0. The topological polar surface area (TPSA) is 26.3 Å². The van der Waals surface area contributed by atoms with E-state index in [-0.39, 0.29) is 6.42 Å². The highest BCUT2D eigenvalue weighted by atomic mass is 19.4. The van der Waals surface area contributed by atoms with Crippen molar-refractivity contribution in [2.24, 2.45) is 0 Å². The molecule has 0 saturated heterocycles. The summed E-state index contributed by atoms with van der Waals surface area (Å²) in [4.78, 5) is 11.0. The van der Waals surface area contributed by atoms with E-state index in [1.54, 1.807) is 0 Å². The molecular formula is C10H9F9O2. The van der Waals surface area contributed by atoms with Gasteiger partial charge in [-0.3, -0.25) is 0 Å². The molecule has 0 aliphatic heterocycles. The Morgan fingerprint density at radius 2 is 1.38 bits per heavy atom. The van der Waals surface area contributed by atoms with Gasteiger partial charge in [0.2, 0.25) is 0 Å². The van der Waals surface area contributed by atoms with Crippen molar-refractivity contribution in [3.63, 3.8) is 0 Å². The second-order valence-electron chi connectivity index (χ2n) is 3.84. The first kappa shape index (κ1) is 19.6. The van der Waals surface area contributed by atoms with Gasteiger partial charge in [0.25, 0.3) is 0 Å². The third-order valence-corrected chi connectivity index (χ3v) is 2.28. The van der Waals surface area contributed by atoms with Gasteiger partial charge in [0.05, 0.1) is 12.2 Å². The molecule has 0 saturated carbocycles. The van der Waals surface area contributed by atoms with E-state index in [4.69, 9.17) is 0 Å². The van der Waals surface area contributed by atoms with Crippen molar-refractivity contribution >= 4 is 5.97 Å². The summed E-state index contributed by atoms with van der Waals surface area (Å²) in [6.45, 7) is 2.82. The van der Waals surface area contributed by atoms with Gasteiger partial charge in [-0.2, -0.15) is 35.1 Å². The number of halogens is 9. The van der Waals surface area contributed by atoms with Crippen molar-refractivity contribution in [2.45, 2.75) is 37.3 Å². The molecule has 0 aromatic carbocycles. The first-order valence-electron chi connectivity index (χ1n) is 5.21. The predicted octanol–water partition coefficient (Wildman–Crippen LogP) is 3.96. The Morgan fingerprint density at radius 1 is 0.952 bits per heavy atom. The molecule has 0 spiro atoms. The molecule has 0 aliphatic rings. The molecule has 1 unspecified atom stereocenters. The van der Waals surface area contributed by atoms with Gasteiger partial charge in [-0.15, -0.1) is 0 Å². The van der Waals surface area contributed by atoms with Crippen LogP contribution in [0.25, 0.3) is 0 Å². The van der Waals surface area contributed by atoms with Crippen LogP contribution in [0.3, 0.4) is 0 Å². The highest BCUT2D eigenvalue weighted by Crippen LogP contribution is 2.55. The maximum atomic E-state index is 13.6. The monoisotopic (exact) mass is 332 g/mol. The van der Waals surface area contributed by atoms with Crippen LogP contribution < -0.4 is 0 Å². The standard InChI is InChI=1S/C10H9F9O2/c1-3-4-21-6(20)5(2)7(11,9(14,15)16)8(12,13)10(17,18)19/h2-4H2,1H3. The lowest BCUT2D eigenvalue weighted by molar-refractivity contribution is -0.372. The fraction of sp³-hybridized carbons (Fsp3) is 0.700. The van der Waals surface area contributed by atoms with E-state index in [9.17, 15) is 44.3 Å². The third kappa shape index (κ3) is 3.26. The summed E-state index contributed by atoms with van der Waals surface area (Å²) in [6, 6.07) is 0. The van der Waals surface area contributed by atoms with Gasteiger partial charge in [0.15, 0.2) is 0 Å². The zero-order valence-corrected chi connectivity index (χ0v) is 10.3. The lowest BCUT2D eigenvalue weighted by Gasteiger charge is -2.36. The van der Waals surface area contributed by atoms with Gasteiger partial charge in [-0.25, -0.2) is 9.18 Å². The summed E-state index contributed by atoms with van der Waals surface area (Å²) in [5.74, 6) is -9.25. The van der Waals surface area contributed by atoms with Gasteiger partial charge >= 0.3 is 29.9 Å². The Morgan fingerprint density at radius 3 is 1.67 bits per heavy atom. The number of esters is 1. The molecule has 2 nitrogen and oxygen atoms in total. The third-order valence-electron chi connectivity index (χ3n) is 2.28. The summed E-state index contributed by atoms with van der Waals surface area (Å²) in [5.41, 5.74) is -9.01. The second kappa shape index (κ2) is 5.76. The lowest BCUT2D eigenvalue weighted by Crippen LogP contribution is -2.64. The molecule has 0 aromatic rings. The fourth-order valence-electron chi connectivity index (χ4n) is 1.16. The van der Waals surface area contributed by atoms with Crippen molar-refractivity contribution in [3.05, 3.63) is 12.2 Å². The van der Waals surface area contributed by atoms with E-state index >= 15 is 0 Å². The van der Waals surface area contributed by atoms with Crippen molar-refractivity contribution in [1.82, 2.24) is 0 Å². The Hall–Kier alpha value is -1.42. The average Bonchev–Trinajstić information content (AvgIpc) is 2.30. The molecule has 0 N–H and O–H groups in total. The Bertz CT molecular complexity index is 410. The van der Waals surface area contributed by atoms with E-state index in [1.807, 2.05) is 0 Å². The van der Waals surface area contributed by atoms with Crippen LogP contribution in [0.1, 0.15) is 13.3 Å². The Labute approximate surface area is 112 Å². The minimum absolute atomic E-state index is 0.0139. The maximum absolute atomic E-state index is 13.6. The van der Waals surface area contributed by atoms with Crippen LogP contribution in [0.2, 0.25) is 0 Å². The van der Waals surface area contributed by atoms with E-state index in [2.05, 4.69) is 11.3 Å². The van der Waals surface area contributed by atoms with E-state index < -0.39 is 42.1 Å². The Balaban J connectivity index is 5.92. The number of carbonyl (C=O) groups excluding carboxylic acids is 1. The van der Waals surface area contributed by atoms with E-state index in [0.717, 1.165) is 0 Å². The number of hydrogen-bond donors (Lipinski definition) is 0. The zero-order valence-electron chi connectivity index (χ0n) is 10.3. The molecule has 0 bridgehead atoms. The normalized spacial score (nSPS) is 16.3. The number of carbonyl (C=O) groups is 1. The second-order valence-corrected chi connectivity index (χ2v) is 3.84. The van der Waals surface area contributed by atoms with Crippen molar-refractivity contribution in [2.75, 3.05) is 6.61 Å². The summed E-state index contributed by atoms with van der Waals surface area (Å²) >= 11 is 0. The molecule has 0 heterocycles. The van der Waals surface area contributed by atoms with Crippen LogP contribution in [0.15, 0.2) is 12.2 Å². The molecule has 0 aliphatic carbocycles. The summed E-state index contributed by atoms with van der Waals surface area (Å²) < 4.78 is 117. The first-order valence-corrected chi connectivity index (χ1v) is 5.21. The number of rotatable bonds is 5. The average molecular weight is 332 g/mol. The molecule has 124 valence electrons. The fourth-order valence-corrected chi connectivity index (χ4v) is 1.16. The van der Waals surface area contributed by atoms with Gasteiger partial charge in [-0.05, 0) is 6.42 Å². The SMILES string of the molecule is C=C(C(=O)OCCC)C(F)(C(F)(F)F)C(F)(F)C(F)(F)F. The summed E-state index contributed by atoms with van der Waals surface area (Å²) in [7, 11) is 0. The quantitative estimate of drug-likeness (QED) is 0.433. The van der Waals surface area contributed by atoms with Crippen molar-refractivity contribution in [1.29, 1.82) is 0 Å². The molecule has 21 heavy (non-hydrogen) atoms. The van der Waals surface area contributed by atoms with E-state index in [1.165, 1.54) is 6.92 Å². The Kier molecular flexibility index (Phi) is 5.37. The molecule has 0 aromatic heterocycles. The minimum atomic E-state index is -6.92. The number of alkyl halides is 9. The number of ether oxygens (including phenoxy) is 1. The van der Waals surface area contributed by atoms with Gasteiger partial charge in [0.1, 0.15) is 0 Å². The highest BCUT2D eigenvalue weighted by molar-refractivity contribution is 5.90. The molecule has 11 heteroatoms. The van der Waals surface area contributed by atoms with Gasteiger partial charge in [-0.1, -0.05) is 13.5 Å². The van der Waals surface area contributed by atoms with Crippen LogP contribution >= 0.6 is 0 Å². The molecule has 0 radical (unpaired) electrons. The molecule has 0 rings (SSSR count). The van der Waals surface area contributed by atoms with Gasteiger partial charge in [0, 0.05) is 0 Å². The minimum Gasteiger partial charge on any atom is -0.462 e. The van der Waals surface area contributed by atoms with E-state index in [0.29, 0.717) is 0 Å². The number of hydrogen-bond acceptors (Lipinski definition) is 2. The smallest absolute Gasteiger partial charge is 0.457 e. The molecule has 0 amide bonds. The van der Waals surface area contributed by atoms with Crippen LogP contribution in [0, 0.1) is 0 Å². The predicted molar refractivity (Wildman–Crippen MR) is 51.3 cm³/mol. The first-order chi connectivity index (χ1) is 9.14. The van der Waals surface area contributed by atoms with Crippen LogP contribution in [-0.2, 0) is 9.53 Å². The van der Waals surface area contributed by atoms with Crippen LogP contribution in [0.5, 0.6) is 0 Å². The zero-order chi connectivity index (χ0) is 17.3. The maximum Gasteiger partial charge on any atom is 0.457 e. The largest absolute Gasteiger partial charge is 0.462 e. The highest BCUT2D eigenvalue weighted by Gasteiger charge is 2.83.